The number of allylic oxidation sites excluding steroid dienone is 1. The van der Waals surface area contributed by atoms with Crippen molar-refractivity contribution in [3.05, 3.63) is 35.0 Å². The lowest BCUT2D eigenvalue weighted by Crippen LogP contribution is -2.45. The third-order valence-corrected chi connectivity index (χ3v) is 4.98. The molecule has 1 unspecified atom stereocenters. The molecule has 2 N–H and O–H groups in total. The van der Waals surface area contributed by atoms with Gasteiger partial charge in [-0.2, -0.15) is 0 Å². The molecule has 0 saturated heterocycles. The van der Waals surface area contributed by atoms with E-state index >= 15 is 0 Å². The standard InChI is InChI=1S/C23H33N3O6/c1-6-11-26(12-7-2)19(27)14-32-17-10-9-16(13-18(17)30-5)21-20(22(28)31-8-3)15(4)24-23(29)25-21/h9-10,13,21H,6-8,11-12,14H2,1-5H3,(H2,24,25,29). The van der Waals surface area contributed by atoms with Crippen LogP contribution in [-0.2, 0) is 14.3 Å². The second-order valence-electron chi connectivity index (χ2n) is 7.37. The van der Waals surface area contributed by atoms with Gasteiger partial charge in [0.25, 0.3) is 5.91 Å². The first-order chi connectivity index (χ1) is 15.4. The molecule has 1 aliphatic rings. The number of esters is 1. The Kier molecular flexibility index (Phi) is 9.37. The van der Waals surface area contributed by atoms with E-state index in [-0.39, 0.29) is 19.1 Å². The molecule has 0 fully saturated rings. The van der Waals surface area contributed by atoms with Crippen LogP contribution in [0, 0.1) is 0 Å². The van der Waals surface area contributed by atoms with Crippen LogP contribution in [0.5, 0.6) is 11.5 Å². The van der Waals surface area contributed by atoms with Gasteiger partial charge in [0.05, 0.1) is 25.3 Å². The Hall–Kier alpha value is -3.23. The molecule has 1 aromatic carbocycles. The molecule has 32 heavy (non-hydrogen) atoms. The Labute approximate surface area is 189 Å². The molecule has 1 atom stereocenters. The van der Waals surface area contributed by atoms with Gasteiger partial charge in [0.15, 0.2) is 18.1 Å². The first kappa shape index (κ1) is 25.0. The maximum atomic E-state index is 12.5. The Bertz CT molecular complexity index is 861. The second-order valence-corrected chi connectivity index (χ2v) is 7.37. The van der Waals surface area contributed by atoms with Gasteiger partial charge in [-0.15, -0.1) is 0 Å². The van der Waals surface area contributed by atoms with Crippen molar-refractivity contribution >= 4 is 17.9 Å². The van der Waals surface area contributed by atoms with Gasteiger partial charge >= 0.3 is 12.0 Å². The average Bonchev–Trinajstić information content (AvgIpc) is 2.76. The van der Waals surface area contributed by atoms with Gasteiger partial charge in [-0.05, 0) is 44.4 Å². The fourth-order valence-electron chi connectivity index (χ4n) is 3.54. The summed E-state index contributed by atoms with van der Waals surface area (Å²) in [5, 5.41) is 5.35. The first-order valence-electron chi connectivity index (χ1n) is 10.9. The van der Waals surface area contributed by atoms with Crippen LogP contribution in [0.2, 0.25) is 0 Å². The normalized spacial score (nSPS) is 15.5. The van der Waals surface area contributed by atoms with Crippen LogP contribution >= 0.6 is 0 Å². The van der Waals surface area contributed by atoms with Crippen LogP contribution in [0.25, 0.3) is 0 Å². The van der Waals surface area contributed by atoms with Crippen molar-refractivity contribution < 1.29 is 28.6 Å². The highest BCUT2D eigenvalue weighted by molar-refractivity contribution is 5.95. The van der Waals surface area contributed by atoms with E-state index in [0.717, 1.165) is 12.8 Å². The summed E-state index contributed by atoms with van der Waals surface area (Å²) in [4.78, 5) is 38.8. The van der Waals surface area contributed by atoms with Crippen molar-refractivity contribution in [2.24, 2.45) is 0 Å². The van der Waals surface area contributed by atoms with Crippen molar-refractivity contribution in [3.8, 4) is 11.5 Å². The lowest BCUT2D eigenvalue weighted by molar-refractivity contribution is -0.139. The van der Waals surface area contributed by atoms with Crippen molar-refractivity contribution in [1.29, 1.82) is 0 Å². The van der Waals surface area contributed by atoms with E-state index in [1.54, 1.807) is 36.9 Å². The summed E-state index contributed by atoms with van der Waals surface area (Å²) >= 11 is 0. The minimum Gasteiger partial charge on any atom is -0.493 e. The molecule has 0 bridgehead atoms. The molecule has 0 spiro atoms. The Balaban J connectivity index is 2.25. The second kappa shape index (κ2) is 12.0. The number of nitrogens with zero attached hydrogens (tertiary/aromatic N) is 1. The lowest BCUT2D eigenvalue weighted by Gasteiger charge is -2.28. The summed E-state index contributed by atoms with van der Waals surface area (Å²) in [6.45, 7) is 8.90. The molecule has 0 aliphatic carbocycles. The highest BCUT2D eigenvalue weighted by Crippen LogP contribution is 2.34. The predicted molar refractivity (Wildman–Crippen MR) is 119 cm³/mol. The van der Waals surface area contributed by atoms with Crippen molar-refractivity contribution in [3.63, 3.8) is 0 Å². The zero-order valence-corrected chi connectivity index (χ0v) is 19.4. The number of amides is 3. The quantitative estimate of drug-likeness (QED) is 0.505. The summed E-state index contributed by atoms with van der Waals surface area (Å²) in [5.41, 5.74) is 1.36. The molecule has 0 aromatic heterocycles. The Morgan fingerprint density at radius 3 is 2.38 bits per heavy atom. The Morgan fingerprint density at radius 2 is 1.78 bits per heavy atom. The number of ether oxygens (including phenoxy) is 3. The number of hydrogen-bond acceptors (Lipinski definition) is 6. The number of benzene rings is 1. The number of methoxy groups -OCH3 is 1. The number of rotatable bonds is 11. The van der Waals surface area contributed by atoms with Crippen molar-refractivity contribution in [1.82, 2.24) is 15.5 Å². The zero-order valence-electron chi connectivity index (χ0n) is 19.4. The van der Waals surface area contributed by atoms with Gasteiger partial charge in [-0.1, -0.05) is 19.9 Å². The third kappa shape index (κ3) is 6.15. The number of nitrogens with one attached hydrogen (secondary N) is 2. The van der Waals surface area contributed by atoms with Gasteiger partial charge in [-0.25, -0.2) is 9.59 Å². The zero-order chi connectivity index (χ0) is 23.7. The molecule has 2 rings (SSSR count). The van der Waals surface area contributed by atoms with E-state index in [2.05, 4.69) is 10.6 Å². The fraction of sp³-hybridized carbons (Fsp3) is 0.522. The van der Waals surface area contributed by atoms with Gasteiger partial charge in [0, 0.05) is 18.8 Å². The van der Waals surface area contributed by atoms with Crippen LogP contribution < -0.4 is 20.1 Å². The summed E-state index contributed by atoms with van der Waals surface area (Å²) in [6, 6.07) is 3.94. The summed E-state index contributed by atoms with van der Waals surface area (Å²) in [5.74, 6) is 0.186. The Morgan fingerprint density at radius 1 is 1.09 bits per heavy atom. The fourth-order valence-corrected chi connectivity index (χ4v) is 3.54. The number of carbonyl (C=O) groups excluding carboxylic acids is 3. The number of urea groups is 1. The van der Waals surface area contributed by atoms with E-state index in [4.69, 9.17) is 14.2 Å². The minimum absolute atomic E-state index is 0.0893. The van der Waals surface area contributed by atoms with E-state index in [1.165, 1.54) is 7.11 Å². The minimum atomic E-state index is -0.711. The molecule has 1 aromatic rings. The first-order valence-corrected chi connectivity index (χ1v) is 10.9. The molecule has 176 valence electrons. The predicted octanol–water partition coefficient (Wildman–Crippen LogP) is 2.91. The van der Waals surface area contributed by atoms with Gasteiger partial charge in [-0.3, -0.25) is 4.79 Å². The molecule has 9 nitrogen and oxygen atoms in total. The molecule has 9 heteroatoms. The maximum absolute atomic E-state index is 12.5. The molecule has 3 amide bonds. The number of hydrogen-bond donors (Lipinski definition) is 2. The van der Waals surface area contributed by atoms with Gasteiger partial charge in [0.2, 0.25) is 0 Å². The van der Waals surface area contributed by atoms with Crippen molar-refractivity contribution in [2.75, 3.05) is 33.4 Å². The van der Waals surface area contributed by atoms with Crippen LogP contribution in [0.3, 0.4) is 0 Å². The monoisotopic (exact) mass is 447 g/mol. The molecule has 0 radical (unpaired) electrons. The topological polar surface area (TPSA) is 106 Å². The highest BCUT2D eigenvalue weighted by Gasteiger charge is 2.32. The van der Waals surface area contributed by atoms with Crippen LogP contribution in [-0.4, -0.2) is 56.2 Å². The van der Waals surface area contributed by atoms with E-state index in [9.17, 15) is 14.4 Å². The molecular formula is C23H33N3O6. The van der Waals surface area contributed by atoms with Gasteiger partial charge < -0.3 is 29.7 Å². The third-order valence-electron chi connectivity index (χ3n) is 4.98. The van der Waals surface area contributed by atoms with Crippen molar-refractivity contribution in [2.45, 2.75) is 46.6 Å². The van der Waals surface area contributed by atoms with Crippen LogP contribution in [0.1, 0.15) is 52.1 Å². The molecular weight excluding hydrogens is 414 g/mol. The maximum Gasteiger partial charge on any atom is 0.338 e. The van der Waals surface area contributed by atoms with Gasteiger partial charge in [0.1, 0.15) is 0 Å². The summed E-state index contributed by atoms with van der Waals surface area (Å²) < 4.78 is 16.4. The smallest absolute Gasteiger partial charge is 0.338 e. The SMILES string of the molecule is CCCN(CCC)C(=O)COc1ccc(C2NC(=O)NC(C)=C2C(=O)OCC)cc1OC. The lowest BCUT2D eigenvalue weighted by atomic mass is 9.95. The highest BCUT2D eigenvalue weighted by atomic mass is 16.5. The average molecular weight is 448 g/mol. The number of carbonyl (C=O) groups is 3. The van der Waals surface area contributed by atoms with Crippen LogP contribution in [0.4, 0.5) is 4.79 Å². The summed E-state index contributed by atoms with van der Waals surface area (Å²) in [6.07, 6.45) is 1.75. The van der Waals surface area contributed by atoms with E-state index in [1.807, 2.05) is 13.8 Å². The van der Waals surface area contributed by atoms with Crippen LogP contribution in [0.15, 0.2) is 29.5 Å². The van der Waals surface area contributed by atoms with E-state index < -0.39 is 18.0 Å². The largest absolute Gasteiger partial charge is 0.493 e. The molecule has 1 heterocycles. The molecule has 0 saturated carbocycles. The van der Waals surface area contributed by atoms with E-state index in [0.29, 0.717) is 41.4 Å². The molecule has 1 aliphatic heterocycles. The summed E-state index contributed by atoms with van der Waals surface area (Å²) in [7, 11) is 1.49.